The van der Waals surface area contributed by atoms with Crippen molar-refractivity contribution in [2.75, 3.05) is 20.7 Å². The molecule has 0 aliphatic rings. The number of methoxy groups -OCH3 is 1. The van der Waals surface area contributed by atoms with E-state index < -0.39 is 17.7 Å². The van der Waals surface area contributed by atoms with Crippen molar-refractivity contribution in [1.82, 2.24) is 5.32 Å². The Hall–Kier alpha value is -3.49. The fourth-order valence-electron chi connectivity index (χ4n) is 3.09. The topological polar surface area (TPSA) is 67.8 Å². The number of halogens is 4. The third-order valence-electron chi connectivity index (χ3n) is 4.83. The molecule has 3 rings (SSSR count). The number of ether oxygens (including phenoxy) is 2. The summed E-state index contributed by atoms with van der Waals surface area (Å²) >= 11 is 0. The summed E-state index contributed by atoms with van der Waals surface area (Å²) in [4.78, 5) is 10.2. The highest BCUT2D eigenvalue weighted by molar-refractivity contribution is 5.86. The highest BCUT2D eigenvalue weighted by atomic mass is 35.5. The van der Waals surface area contributed by atoms with Crippen molar-refractivity contribution >= 4 is 24.5 Å². The molecule has 0 bridgehead atoms. The number of hydrogen-bond acceptors (Lipinski definition) is 4. The van der Waals surface area contributed by atoms with Crippen molar-refractivity contribution in [3.63, 3.8) is 0 Å². The van der Waals surface area contributed by atoms with Gasteiger partial charge in [0.1, 0.15) is 17.6 Å². The van der Waals surface area contributed by atoms with E-state index in [4.69, 9.17) is 14.6 Å². The van der Waals surface area contributed by atoms with E-state index in [1.54, 1.807) is 19.2 Å². The van der Waals surface area contributed by atoms with E-state index in [0.29, 0.717) is 11.5 Å². The van der Waals surface area contributed by atoms with Gasteiger partial charge < -0.3 is 19.9 Å². The van der Waals surface area contributed by atoms with Gasteiger partial charge in [-0.05, 0) is 55.6 Å². The number of carbonyl (C=O) groups is 1. The first kappa shape index (κ1) is 30.5. The molecule has 0 amide bonds. The van der Waals surface area contributed by atoms with Crippen molar-refractivity contribution in [3.8, 4) is 11.5 Å². The molecule has 0 aliphatic carbocycles. The zero-order chi connectivity index (χ0) is 25.7. The normalized spacial score (nSPS) is 11.6. The van der Waals surface area contributed by atoms with Crippen LogP contribution in [0.1, 0.15) is 29.2 Å². The summed E-state index contributed by atoms with van der Waals surface area (Å²) in [6.45, 7) is 0.750. The fraction of sp³-hybridized carbons (Fsp3) is 0.222. The van der Waals surface area contributed by atoms with Crippen LogP contribution in [0.3, 0.4) is 0 Å². The molecule has 2 N–H and O–H groups in total. The van der Waals surface area contributed by atoms with Gasteiger partial charge in [0.15, 0.2) is 0 Å². The van der Waals surface area contributed by atoms with E-state index in [1.807, 2.05) is 49.5 Å². The summed E-state index contributed by atoms with van der Waals surface area (Å²) in [6.07, 6.45) is -1.23. The van der Waals surface area contributed by atoms with Gasteiger partial charge in [0.25, 0.3) is 0 Å². The Morgan fingerprint density at radius 1 is 1.00 bits per heavy atom. The number of alkyl halides is 3. The number of para-hydroxylation sites is 1. The van der Waals surface area contributed by atoms with Gasteiger partial charge >= 0.3 is 12.1 Å². The molecule has 0 saturated heterocycles. The van der Waals surface area contributed by atoms with Crippen molar-refractivity contribution < 1.29 is 32.5 Å². The Morgan fingerprint density at radius 3 is 2.17 bits per heavy atom. The molecule has 3 aromatic rings. The average molecular weight is 524 g/mol. The van der Waals surface area contributed by atoms with Crippen LogP contribution in [0.25, 0.3) is 6.08 Å². The highest BCUT2D eigenvalue weighted by Crippen LogP contribution is 2.31. The summed E-state index contributed by atoms with van der Waals surface area (Å²) in [5.41, 5.74) is 1.08. The lowest BCUT2D eigenvalue weighted by Crippen LogP contribution is -2.16. The maximum Gasteiger partial charge on any atom is 0.416 e. The second kappa shape index (κ2) is 15.5. The first-order valence-electron chi connectivity index (χ1n) is 10.8. The van der Waals surface area contributed by atoms with Crippen LogP contribution in [0.2, 0.25) is 0 Å². The number of carboxylic acid groups (broad SMARTS) is 1. The smallest absolute Gasteiger partial charge is 0.416 e. The van der Waals surface area contributed by atoms with Crippen LogP contribution in [-0.2, 0) is 11.0 Å². The van der Waals surface area contributed by atoms with Crippen LogP contribution in [0.5, 0.6) is 11.5 Å². The predicted octanol–water partition coefficient (Wildman–Crippen LogP) is 6.65. The van der Waals surface area contributed by atoms with Crippen LogP contribution in [0.4, 0.5) is 13.2 Å². The fourth-order valence-corrected chi connectivity index (χ4v) is 3.09. The number of benzene rings is 3. The van der Waals surface area contributed by atoms with Gasteiger partial charge in [0.05, 0.1) is 12.7 Å². The molecule has 1 atom stereocenters. The monoisotopic (exact) mass is 523 g/mol. The molecule has 0 heterocycles. The molecule has 5 nitrogen and oxygen atoms in total. The molecule has 9 heteroatoms. The summed E-state index contributed by atoms with van der Waals surface area (Å²) in [6, 6.07) is 21.7. The third kappa shape index (κ3) is 10.4. The maximum absolute atomic E-state index is 12.6. The Kier molecular flexibility index (Phi) is 13.1. The quantitative estimate of drug-likeness (QED) is 0.307. The zero-order valence-corrected chi connectivity index (χ0v) is 20.7. The second-order valence-corrected chi connectivity index (χ2v) is 7.35. The average Bonchev–Trinajstić information content (AvgIpc) is 2.86. The lowest BCUT2D eigenvalue weighted by molar-refractivity contribution is -0.137. The molecule has 0 saturated carbocycles. The first-order chi connectivity index (χ1) is 16.7. The minimum absolute atomic E-state index is 0. The van der Waals surface area contributed by atoms with Gasteiger partial charge in [-0.1, -0.05) is 48.5 Å². The Morgan fingerprint density at radius 2 is 1.61 bits per heavy atom. The molecule has 0 aromatic heterocycles. The van der Waals surface area contributed by atoms with Gasteiger partial charge in [-0.25, -0.2) is 4.79 Å². The van der Waals surface area contributed by atoms with E-state index in [0.717, 1.165) is 42.3 Å². The van der Waals surface area contributed by atoms with Crippen molar-refractivity contribution in [2.45, 2.75) is 18.7 Å². The standard InChI is InChI=1S/C17H18F3NO.C10H10O3.ClH/c1-21-12-11-16(13-5-3-2-4-6-13)22-15-9-7-14(8-10-15)17(18,19)20;1-13-9-5-3-2-4-8(9)6-7-10(11)12;/h2-10,16,21H,11-12H2,1H3;2-7H,1H3,(H,11,12);1H. The van der Waals surface area contributed by atoms with E-state index >= 15 is 0 Å². The van der Waals surface area contributed by atoms with Crippen LogP contribution >= 0.6 is 12.4 Å². The molecule has 194 valence electrons. The number of nitrogens with one attached hydrogen (secondary N) is 1. The van der Waals surface area contributed by atoms with E-state index in [2.05, 4.69) is 5.32 Å². The Bertz CT molecular complexity index is 1070. The molecule has 3 aromatic carbocycles. The van der Waals surface area contributed by atoms with E-state index in [-0.39, 0.29) is 18.5 Å². The van der Waals surface area contributed by atoms with Crippen LogP contribution < -0.4 is 14.8 Å². The highest BCUT2D eigenvalue weighted by Gasteiger charge is 2.30. The number of rotatable bonds is 9. The van der Waals surface area contributed by atoms with Gasteiger partial charge in [0.2, 0.25) is 0 Å². The summed E-state index contributed by atoms with van der Waals surface area (Å²) in [5, 5.41) is 11.5. The molecule has 0 aliphatic heterocycles. The van der Waals surface area contributed by atoms with Gasteiger partial charge in [-0.3, -0.25) is 0 Å². The molecule has 0 fully saturated rings. The Labute approximate surface area is 215 Å². The number of hydrogen-bond donors (Lipinski definition) is 2. The van der Waals surface area contributed by atoms with Crippen LogP contribution in [-0.4, -0.2) is 31.8 Å². The molecule has 0 radical (unpaired) electrons. The van der Waals surface area contributed by atoms with Crippen molar-refractivity contribution in [2.24, 2.45) is 0 Å². The van der Waals surface area contributed by atoms with Gasteiger partial charge in [0, 0.05) is 18.1 Å². The number of aliphatic carboxylic acids is 1. The largest absolute Gasteiger partial charge is 0.496 e. The molecule has 36 heavy (non-hydrogen) atoms. The van der Waals surface area contributed by atoms with E-state index in [1.165, 1.54) is 18.2 Å². The minimum atomic E-state index is -4.33. The molecular weight excluding hydrogens is 495 g/mol. The first-order valence-corrected chi connectivity index (χ1v) is 10.8. The molecule has 1 unspecified atom stereocenters. The number of carboxylic acids is 1. The van der Waals surface area contributed by atoms with Crippen LogP contribution in [0, 0.1) is 0 Å². The van der Waals surface area contributed by atoms with E-state index in [9.17, 15) is 18.0 Å². The van der Waals surface area contributed by atoms with Crippen molar-refractivity contribution in [3.05, 3.63) is 102 Å². The zero-order valence-electron chi connectivity index (χ0n) is 19.9. The molecule has 0 spiro atoms. The summed E-state index contributed by atoms with van der Waals surface area (Å²) < 4.78 is 48.6. The maximum atomic E-state index is 12.6. The Balaban J connectivity index is 0.000000397. The van der Waals surface area contributed by atoms with Crippen LogP contribution in [0.15, 0.2) is 84.9 Å². The minimum Gasteiger partial charge on any atom is -0.496 e. The lowest BCUT2D eigenvalue weighted by atomic mass is 10.1. The van der Waals surface area contributed by atoms with Gasteiger partial charge in [-0.2, -0.15) is 13.2 Å². The lowest BCUT2D eigenvalue weighted by Gasteiger charge is -2.20. The SMILES string of the molecule is CNCCC(Oc1ccc(C(F)(F)F)cc1)c1ccccc1.COc1ccccc1C=CC(=O)O.Cl. The predicted molar refractivity (Wildman–Crippen MR) is 137 cm³/mol. The molecular formula is C27H29ClF3NO4. The third-order valence-corrected chi connectivity index (χ3v) is 4.83. The summed E-state index contributed by atoms with van der Waals surface area (Å²) in [7, 11) is 3.40. The summed E-state index contributed by atoms with van der Waals surface area (Å²) in [5.74, 6) is 0.129. The second-order valence-electron chi connectivity index (χ2n) is 7.35. The van der Waals surface area contributed by atoms with Crippen molar-refractivity contribution in [1.29, 1.82) is 0 Å². The van der Waals surface area contributed by atoms with Gasteiger partial charge in [-0.15, -0.1) is 12.4 Å².